The summed E-state index contributed by atoms with van der Waals surface area (Å²) in [5, 5.41) is 0. The molecule has 1 aromatic heterocycles. The van der Waals surface area contributed by atoms with Gasteiger partial charge in [-0.2, -0.15) is 0 Å². The highest BCUT2D eigenvalue weighted by atomic mass is 16.5. The van der Waals surface area contributed by atoms with Crippen molar-refractivity contribution < 1.29 is 13.9 Å². The van der Waals surface area contributed by atoms with Crippen LogP contribution in [0.25, 0.3) is 0 Å². The van der Waals surface area contributed by atoms with E-state index in [4.69, 9.17) is 10.2 Å². The molecule has 4 nitrogen and oxygen atoms in total. The van der Waals surface area contributed by atoms with Gasteiger partial charge in [0.1, 0.15) is 5.76 Å². The number of ether oxygens (including phenoxy) is 1. The van der Waals surface area contributed by atoms with Gasteiger partial charge in [-0.25, -0.2) is 4.79 Å². The van der Waals surface area contributed by atoms with Crippen LogP contribution in [0.1, 0.15) is 61.4 Å². The molecule has 0 bridgehead atoms. The molecule has 1 atom stereocenters. The maximum atomic E-state index is 11.4. The summed E-state index contributed by atoms with van der Waals surface area (Å²) in [4.78, 5) is 11.4. The monoisotopic (exact) mass is 251 g/mol. The Hall–Kier alpha value is -1.29. The minimum Gasteiger partial charge on any atom is -0.463 e. The molecule has 0 spiro atoms. The second-order valence-corrected chi connectivity index (χ2v) is 5.09. The van der Waals surface area contributed by atoms with Gasteiger partial charge in [-0.3, -0.25) is 0 Å². The van der Waals surface area contributed by atoms with Gasteiger partial charge in [-0.05, 0) is 36.8 Å². The Kier molecular flexibility index (Phi) is 3.76. The van der Waals surface area contributed by atoms with E-state index in [1.807, 2.05) is 0 Å². The van der Waals surface area contributed by atoms with E-state index in [-0.39, 0.29) is 17.2 Å². The van der Waals surface area contributed by atoms with Crippen LogP contribution in [0.2, 0.25) is 0 Å². The maximum Gasteiger partial charge on any atom is 0.373 e. The van der Waals surface area contributed by atoms with Gasteiger partial charge >= 0.3 is 5.97 Å². The number of carbonyl (C=O) groups excluding carboxylic acids is 1. The third kappa shape index (κ3) is 2.17. The van der Waals surface area contributed by atoms with Crippen molar-refractivity contribution in [3.05, 3.63) is 23.7 Å². The van der Waals surface area contributed by atoms with Gasteiger partial charge in [0.15, 0.2) is 0 Å². The number of carbonyl (C=O) groups is 1. The molecule has 100 valence electrons. The first-order chi connectivity index (χ1) is 8.63. The first-order valence-corrected chi connectivity index (χ1v) is 6.56. The molecule has 18 heavy (non-hydrogen) atoms. The third-order valence-corrected chi connectivity index (χ3v) is 4.28. The topological polar surface area (TPSA) is 65.5 Å². The van der Waals surface area contributed by atoms with Crippen molar-refractivity contribution >= 4 is 5.97 Å². The molecule has 1 aromatic rings. The van der Waals surface area contributed by atoms with E-state index in [9.17, 15) is 4.79 Å². The van der Waals surface area contributed by atoms with Crippen molar-refractivity contribution in [3.8, 4) is 0 Å². The fourth-order valence-electron chi connectivity index (χ4n) is 3.00. The van der Waals surface area contributed by atoms with Gasteiger partial charge in [0, 0.05) is 0 Å². The standard InChI is InChI=1S/C14H21NO3/c1-3-14(8-4-5-9-14)12(15)10-6-7-11(18-10)13(16)17-2/h6-7,12H,3-5,8-9,15H2,1-2H3. The van der Waals surface area contributed by atoms with Crippen molar-refractivity contribution in [1.29, 1.82) is 0 Å². The molecular formula is C14H21NO3. The zero-order valence-corrected chi connectivity index (χ0v) is 11.1. The molecule has 0 saturated heterocycles. The van der Waals surface area contributed by atoms with E-state index >= 15 is 0 Å². The summed E-state index contributed by atoms with van der Waals surface area (Å²) in [6, 6.07) is 3.30. The van der Waals surface area contributed by atoms with E-state index in [1.165, 1.54) is 20.0 Å². The Bertz CT molecular complexity index is 418. The fourth-order valence-corrected chi connectivity index (χ4v) is 3.00. The second kappa shape index (κ2) is 5.14. The smallest absolute Gasteiger partial charge is 0.373 e. The summed E-state index contributed by atoms with van der Waals surface area (Å²) in [7, 11) is 1.34. The van der Waals surface area contributed by atoms with Gasteiger partial charge in [0.25, 0.3) is 0 Å². The molecule has 1 fully saturated rings. The summed E-state index contributed by atoms with van der Waals surface area (Å²) in [6.07, 6.45) is 5.78. The zero-order chi connectivity index (χ0) is 13.2. The van der Waals surface area contributed by atoms with Crippen molar-refractivity contribution in [2.75, 3.05) is 7.11 Å². The van der Waals surface area contributed by atoms with Crippen LogP contribution in [0, 0.1) is 5.41 Å². The molecule has 0 amide bonds. The molecule has 4 heteroatoms. The number of rotatable bonds is 4. The van der Waals surface area contributed by atoms with Gasteiger partial charge < -0.3 is 14.9 Å². The molecule has 0 aliphatic heterocycles. The molecule has 2 rings (SSSR count). The summed E-state index contributed by atoms with van der Waals surface area (Å²) >= 11 is 0. The predicted octanol–water partition coefficient (Wildman–Crippen LogP) is 3.04. The maximum absolute atomic E-state index is 11.4. The number of hydrogen-bond acceptors (Lipinski definition) is 4. The average Bonchev–Trinajstić information content (AvgIpc) is 3.06. The highest BCUT2D eigenvalue weighted by molar-refractivity contribution is 5.86. The van der Waals surface area contributed by atoms with Crippen LogP contribution in [-0.4, -0.2) is 13.1 Å². The van der Waals surface area contributed by atoms with Gasteiger partial charge in [0.2, 0.25) is 5.76 Å². The van der Waals surface area contributed by atoms with E-state index in [1.54, 1.807) is 12.1 Å². The van der Waals surface area contributed by atoms with Crippen LogP contribution in [0.3, 0.4) is 0 Å². The molecule has 1 unspecified atom stereocenters. The number of hydrogen-bond donors (Lipinski definition) is 1. The van der Waals surface area contributed by atoms with E-state index in [0.29, 0.717) is 5.76 Å². The third-order valence-electron chi connectivity index (χ3n) is 4.28. The molecule has 1 aliphatic carbocycles. The lowest BCUT2D eigenvalue weighted by Crippen LogP contribution is -2.31. The Balaban J connectivity index is 2.20. The molecule has 1 aliphatic rings. The summed E-state index contributed by atoms with van der Waals surface area (Å²) in [6.45, 7) is 2.18. The number of methoxy groups -OCH3 is 1. The Labute approximate surface area is 107 Å². The number of furan rings is 1. The molecule has 0 aromatic carbocycles. The molecule has 1 saturated carbocycles. The molecule has 0 radical (unpaired) electrons. The lowest BCUT2D eigenvalue weighted by atomic mass is 9.76. The van der Waals surface area contributed by atoms with Crippen molar-refractivity contribution in [2.45, 2.75) is 45.1 Å². The zero-order valence-electron chi connectivity index (χ0n) is 11.1. The average molecular weight is 251 g/mol. The molecule has 1 heterocycles. The number of esters is 1. The SMILES string of the molecule is CCC1(C(N)c2ccc(C(=O)OC)o2)CCCC1. The lowest BCUT2D eigenvalue weighted by molar-refractivity contribution is 0.0559. The van der Waals surface area contributed by atoms with Crippen LogP contribution in [0.15, 0.2) is 16.5 Å². The van der Waals surface area contributed by atoms with Crippen LogP contribution < -0.4 is 5.73 Å². The second-order valence-electron chi connectivity index (χ2n) is 5.09. The van der Waals surface area contributed by atoms with Crippen LogP contribution in [0.5, 0.6) is 0 Å². The van der Waals surface area contributed by atoms with Crippen molar-refractivity contribution in [1.82, 2.24) is 0 Å². The first-order valence-electron chi connectivity index (χ1n) is 6.56. The van der Waals surface area contributed by atoms with E-state index in [2.05, 4.69) is 11.7 Å². The van der Waals surface area contributed by atoms with Crippen LogP contribution in [0.4, 0.5) is 0 Å². The van der Waals surface area contributed by atoms with E-state index in [0.717, 1.165) is 19.3 Å². The Morgan fingerprint density at radius 3 is 2.72 bits per heavy atom. The van der Waals surface area contributed by atoms with Gasteiger partial charge in [0.05, 0.1) is 13.2 Å². The predicted molar refractivity (Wildman–Crippen MR) is 68.2 cm³/mol. The Morgan fingerprint density at radius 2 is 2.17 bits per heavy atom. The normalized spacial score (nSPS) is 19.7. The van der Waals surface area contributed by atoms with Gasteiger partial charge in [-0.15, -0.1) is 0 Å². The molecular weight excluding hydrogens is 230 g/mol. The van der Waals surface area contributed by atoms with Crippen molar-refractivity contribution in [2.24, 2.45) is 11.1 Å². The van der Waals surface area contributed by atoms with E-state index < -0.39 is 5.97 Å². The quantitative estimate of drug-likeness (QED) is 0.835. The van der Waals surface area contributed by atoms with Gasteiger partial charge in [-0.1, -0.05) is 19.8 Å². The van der Waals surface area contributed by atoms with Crippen molar-refractivity contribution in [3.63, 3.8) is 0 Å². The first kappa shape index (κ1) is 13.1. The summed E-state index contributed by atoms with van der Waals surface area (Å²) in [5.74, 6) is 0.469. The molecule has 2 N–H and O–H groups in total. The largest absolute Gasteiger partial charge is 0.463 e. The van der Waals surface area contributed by atoms with Crippen LogP contribution in [-0.2, 0) is 4.74 Å². The highest BCUT2D eigenvalue weighted by Crippen LogP contribution is 2.49. The minimum atomic E-state index is -0.453. The number of nitrogens with two attached hydrogens (primary N) is 1. The lowest BCUT2D eigenvalue weighted by Gasteiger charge is -2.32. The summed E-state index contributed by atoms with van der Waals surface area (Å²) in [5.41, 5.74) is 6.49. The fraction of sp³-hybridized carbons (Fsp3) is 0.643. The van der Waals surface area contributed by atoms with Crippen LogP contribution >= 0.6 is 0 Å². The Morgan fingerprint density at radius 1 is 1.50 bits per heavy atom. The highest BCUT2D eigenvalue weighted by Gasteiger charge is 2.40. The summed E-state index contributed by atoms with van der Waals surface area (Å²) < 4.78 is 10.2. The minimum absolute atomic E-state index is 0.130.